The van der Waals surface area contributed by atoms with Gasteiger partial charge >= 0.3 is 5.97 Å². The first-order valence-corrected chi connectivity index (χ1v) is 8.37. The lowest BCUT2D eigenvalue weighted by atomic mass is 10.1. The second-order valence-corrected chi connectivity index (χ2v) is 6.90. The molecule has 1 fully saturated rings. The fourth-order valence-corrected chi connectivity index (χ4v) is 3.10. The summed E-state index contributed by atoms with van der Waals surface area (Å²) in [7, 11) is 0. The van der Waals surface area contributed by atoms with Crippen LogP contribution < -0.4 is 10.1 Å². The van der Waals surface area contributed by atoms with Gasteiger partial charge in [0.1, 0.15) is 10.1 Å². The van der Waals surface area contributed by atoms with Gasteiger partial charge in [0.15, 0.2) is 0 Å². The van der Waals surface area contributed by atoms with Crippen LogP contribution in [0.5, 0.6) is 5.75 Å². The number of ether oxygens (including phenoxy) is 1. The second-order valence-electron chi connectivity index (χ2n) is 5.18. The van der Waals surface area contributed by atoms with Crippen molar-refractivity contribution >= 4 is 46.3 Å². The molecule has 3 rings (SSSR count). The highest BCUT2D eigenvalue weighted by molar-refractivity contribution is 8.26. The first-order chi connectivity index (χ1) is 11.5. The van der Waals surface area contributed by atoms with E-state index >= 15 is 0 Å². The summed E-state index contributed by atoms with van der Waals surface area (Å²) in [6.07, 6.45) is 1.74. The van der Waals surface area contributed by atoms with E-state index in [9.17, 15) is 9.59 Å². The number of carbonyl (C=O) groups excluding carboxylic acids is 2. The van der Waals surface area contributed by atoms with Gasteiger partial charge in [-0.05, 0) is 42.8 Å². The second kappa shape index (κ2) is 6.98. The van der Waals surface area contributed by atoms with E-state index in [4.69, 9.17) is 17.0 Å². The van der Waals surface area contributed by atoms with Crippen LogP contribution in [-0.4, -0.2) is 16.2 Å². The fourth-order valence-electron chi connectivity index (χ4n) is 2.06. The molecular weight excluding hydrogens is 342 g/mol. The minimum absolute atomic E-state index is 0.195. The zero-order valence-corrected chi connectivity index (χ0v) is 14.4. The van der Waals surface area contributed by atoms with E-state index in [1.807, 2.05) is 19.1 Å². The standard InChI is InChI=1S/C18H13NO3S2/c1-11-2-6-13(7-3-11)17(21)22-14-8-4-12(5-9-14)10-15-16(20)19-18(23)24-15/h2-10H,1H3,(H,19,20,23)/b15-10-. The van der Waals surface area contributed by atoms with E-state index in [0.717, 1.165) is 11.1 Å². The maximum atomic E-state index is 12.1. The molecule has 6 heteroatoms. The summed E-state index contributed by atoms with van der Waals surface area (Å²) in [6, 6.07) is 14.1. The molecule has 24 heavy (non-hydrogen) atoms. The van der Waals surface area contributed by atoms with Crippen LogP contribution in [0.25, 0.3) is 6.08 Å². The molecule has 0 saturated carbocycles. The largest absolute Gasteiger partial charge is 0.423 e. The summed E-state index contributed by atoms with van der Waals surface area (Å²) < 4.78 is 5.79. The third-order valence-electron chi connectivity index (χ3n) is 3.32. The third-order valence-corrected chi connectivity index (χ3v) is 4.48. The number of carbonyl (C=O) groups is 2. The molecule has 1 N–H and O–H groups in total. The van der Waals surface area contributed by atoms with Gasteiger partial charge in [-0.1, -0.05) is 53.8 Å². The highest BCUT2D eigenvalue weighted by Crippen LogP contribution is 2.26. The molecule has 1 amide bonds. The Balaban J connectivity index is 1.69. The summed E-state index contributed by atoms with van der Waals surface area (Å²) in [5.74, 6) is -0.154. The van der Waals surface area contributed by atoms with Crippen LogP contribution in [0.1, 0.15) is 21.5 Å². The monoisotopic (exact) mass is 355 g/mol. The zero-order chi connectivity index (χ0) is 17.1. The molecule has 120 valence electrons. The van der Waals surface area contributed by atoms with E-state index in [1.165, 1.54) is 11.8 Å². The van der Waals surface area contributed by atoms with Crippen molar-refractivity contribution in [2.75, 3.05) is 0 Å². The van der Waals surface area contributed by atoms with Gasteiger partial charge in [0, 0.05) is 0 Å². The zero-order valence-electron chi connectivity index (χ0n) is 12.7. The first-order valence-electron chi connectivity index (χ1n) is 7.15. The van der Waals surface area contributed by atoms with Crippen molar-refractivity contribution in [1.82, 2.24) is 5.32 Å². The Bertz CT molecular complexity index is 840. The SMILES string of the molecule is Cc1ccc(C(=O)Oc2ccc(/C=C3\SC(=S)NC3=O)cc2)cc1. The van der Waals surface area contributed by atoms with Crippen LogP contribution in [0.15, 0.2) is 53.4 Å². The lowest BCUT2D eigenvalue weighted by molar-refractivity contribution is -0.115. The van der Waals surface area contributed by atoms with Gasteiger partial charge in [0.2, 0.25) is 0 Å². The number of benzene rings is 2. The van der Waals surface area contributed by atoms with Gasteiger partial charge in [-0.15, -0.1) is 0 Å². The summed E-state index contributed by atoms with van der Waals surface area (Å²) in [4.78, 5) is 24.2. The number of thioether (sulfide) groups is 1. The van der Waals surface area contributed by atoms with Gasteiger partial charge in [-0.2, -0.15) is 0 Å². The molecule has 2 aromatic carbocycles. The molecule has 0 radical (unpaired) electrons. The normalized spacial score (nSPS) is 15.5. The summed E-state index contributed by atoms with van der Waals surface area (Å²) in [5, 5.41) is 2.56. The molecule has 0 spiro atoms. The minimum Gasteiger partial charge on any atom is -0.423 e. The van der Waals surface area contributed by atoms with Crippen molar-refractivity contribution in [2.45, 2.75) is 6.92 Å². The minimum atomic E-state index is -0.405. The molecule has 0 unspecified atom stereocenters. The van der Waals surface area contributed by atoms with Crippen molar-refractivity contribution in [1.29, 1.82) is 0 Å². The average molecular weight is 355 g/mol. The lowest BCUT2D eigenvalue weighted by Gasteiger charge is -2.05. The molecular formula is C18H13NO3S2. The molecule has 1 aliphatic heterocycles. The van der Waals surface area contributed by atoms with Gasteiger partial charge in [-0.3, -0.25) is 4.79 Å². The van der Waals surface area contributed by atoms with Crippen molar-refractivity contribution in [3.63, 3.8) is 0 Å². The van der Waals surface area contributed by atoms with Crippen molar-refractivity contribution in [3.05, 3.63) is 70.1 Å². The highest BCUT2D eigenvalue weighted by atomic mass is 32.2. The number of esters is 1. The van der Waals surface area contributed by atoms with Crippen LogP contribution in [0, 0.1) is 6.92 Å². The van der Waals surface area contributed by atoms with E-state index in [1.54, 1.807) is 42.5 Å². The number of hydrogen-bond acceptors (Lipinski definition) is 5. The van der Waals surface area contributed by atoms with Gasteiger partial charge in [-0.25, -0.2) is 4.79 Å². The number of nitrogens with one attached hydrogen (secondary N) is 1. The van der Waals surface area contributed by atoms with Crippen molar-refractivity contribution in [2.24, 2.45) is 0 Å². The molecule has 0 aliphatic carbocycles. The summed E-state index contributed by atoms with van der Waals surface area (Å²) >= 11 is 6.17. The van der Waals surface area contributed by atoms with Crippen LogP contribution in [-0.2, 0) is 4.79 Å². The summed E-state index contributed by atoms with van der Waals surface area (Å²) in [6.45, 7) is 1.96. The van der Waals surface area contributed by atoms with Crippen molar-refractivity contribution in [3.8, 4) is 5.75 Å². The molecule has 1 aliphatic rings. The summed E-state index contributed by atoms with van der Waals surface area (Å²) in [5.41, 5.74) is 2.41. The predicted molar refractivity (Wildman–Crippen MR) is 98.9 cm³/mol. The highest BCUT2D eigenvalue weighted by Gasteiger charge is 2.21. The maximum Gasteiger partial charge on any atom is 0.343 e. The van der Waals surface area contributed by atoms with Gasteiger partial charge in [0.05, 0.1) is 10.5 Å². The van der Waals surface area contributed by atoms with Crippen LogP contribution >= 0.6 is 24.0 Å². The Hall–Kier alpha value is -2.44. The fraction of sp³-hybridized carbons (Fsp3) is 0.0556. The lowest BCUT2D eigenvalue weighted by Crippen LogP contribution is -2.17. The Morgan fingerprint density at radius 2 is 1.79 bits per heavy atom. The van der Waals surface area contributed by atoms with Crippen molar-refractivity contribution < 1.29 is 14.3 Å². The number of hydrogen-bond donors (Lipinski definition) is 1. The van der Waals surface area contributed by atoms with Crippen LogP contribution in [0.4, 0.5) is 0 Å². The smallest absolute Gasteiger partial charge is 0.343 e. The number of thiocarbonyl (C=S) groups is 1. The van der Waals surface area contributed by atoms with Gasteiger partial charge in [0.25, 0.3) is 5.91 Å². The van der Waals surface area contributed by atoms with E-state index < -0.39 is 5.97 Å². The van der Waals surface area contributed by atoms with E-state index in [2.05, 4.69) is 5.32 Å². The number of aryl methyl sites for hydroxylation is 1. The molecule has 1 saturated heterocycles. The quantitative estimate of drug-likeness (QED) is 0.394. The van der Waals surface area contributed by atoms with E-state index in [0.29, 0.717) is 20.5 Å². The average Bonchev–Trinajstić information content (AvgIpc) is 2.87. The maximum absolute atomic E-state index is 12.1. The number of rotatable bonds is 3. The molecule has 0 atom stereocenters. The predicted octanol–water partition coefficient (Wildman–Crippen LogP) is 3.70. The first kappa shape index (κ1) is 16.4. The molecule has 4 nitrogen and oxygen atoms in total. The Labute approximate surface area is 148 Å². The van der Waals surface area contributed by atoms with Crippen LogP contribution in [0.2, 0.25) is 0 Å². The molecule has 0 bridgehead atoms. The topological polar surface area (TPSA) is 55.4 Å². The van der Waals surface area contributed by atoms with Crippen LogP contribution in [0.3, 0.4) is 0 Å². The Kier molecular flexibility index (Phi) is 4.78. The molecule has 1 heterocycles. The number of amides is 1. The third kappa shape index (κ3) is 3.90. The molecule has 2 aromatic rings. The van der Waals surface area contributed by atoms with Gasteiger partial charge < -0.3 is 10.1 Å². The Morgan fingerprint density at radius 1 is 1.12 bits per heavy atom. The molecule has 0 aromatic heterocycles. The Morgan fingerprint density at radius 3 is 2.38 bits per heavy atom. The van der Waals surface area contributed by atoms with E-state index in [-0.39, 0.29) is 5.91 Å².